The highest BCUT2D eigenvalue weighted by Gasteiger charge is 2.26. The van der Waals surface area contributed by atoms with E-state index in [1.54, 1.807) is 0 Å². The van der Waals surface area contributed by atoms with Crippen LogP contribution in [0.1, 0.15) is 17.6 Å². The number of pyridine rings is 1. The summed E-state index contributed by atoms with van der Waals surface area (Å²) in [5.41, 5.74) is -0.973. The van der Waals surface area contributed by atoms with E-state index in [4.69, 9.17) is 5.11 Å². The Kier molecular flexibility index (Phi) is 4.05. The van der Waals surface area contributed by atoms with Crippen molar-refractivity contribution in [2.24, 2.45) is 0 Å². The minimum absolute atomic E-state index is 0.332. The van der Waals surface area contributed by atoms with Gasteiger partial charge in [0.25, 0.3) is 6.43 Å². The summed E-state index contributed by atoms with van der Waals surface area (Å²) in [7, 11) is 0. The second kappa shape index (κ2) is 5.13. The number of carboxylic acid groups (broad SMARTS) is 1. The van der Waals surface area contributed by atoms with Crippen LogP contribution in [0.4, 0.5) is 14.6 Å². The maximum Gasteiger partial charge on any atom is 0.364 e. The van der Waals surface area contributed by atoms with Gasteiger partial charge in [-0.2, -0.15) is 0 Å². The minimum Gasteiger partial charge on any atom is -0.481 e. The number of aliphatic carboxylic acids is 1. The van der Waals surface area contributed by atoms with E-state index in [2.05, 4.69) is 20.9 Å². The lowest BCUT2D eigenvalue weighted by atomic mass is 10.1. The number of hydrogen-bond donors (Lipinski definition) is 1. The molecule has 0 unspecified atom stereocenters. The largest absolute Gasteiger partial charge is 0.481 e. The van der Waals surface area contributed by atoms with E-state index in [0.29, 0.717) is 0 Å². The van der Waals surface area contributed by atoms with Crippen LogP contribution >= 0.6 is 15.9 Å². The fourth-order valence-electron chi connectivity index (χ4n) is 1.19. The molecule has 0 bridgehead atoms. The first-order valence-electron chi connectivity index (χ1n) is 4.16. The van der Waals surface area contributed by atoms with Gasteiger partial charge in [0.05, 0.1) is 12.0 Å². The Morgan fingerprint density at radius 1 is 1.65 bits per heavy atom. The van der Waals surface area contributed by atoms with Crippen molar-refractivity contribution >= 4 is 27.7 Å². The van der Waals surface area contributed by atoms with Crippen molar-refractivity contribution in [1.29, 1.82) is 0 Å². The van der Waals surface area contributed by atoms with Crippen LogP contribution < -0.4 is 0 Å². The second-order valence-corrected chi connectivity index (χ2v) is 3.72. The number of rotatable bonds is 4. The van der Waals surface area contributed by atoms with E-state index >= 15 is 0 Å². The van der Waals surface area contributed by atoms with Crippen LogP contribution in [-0.2, 0) is 11.2 Å². The molecule has 6 nitrogen and oxygen atoms in total. The number of alkyl halides is 2. The molecule has 0 fully saturated rings. The number of carbonyl (C=O) groups is 1. The molecule has 0 saturated carbocycles. The molecule has 0 amide bonds. The van der Waals surface area contributed by atoms with Crippen molar-refractivity contribution in [2.75, 3.05) is 0 Å². The highest BCUT2D eigenvalue weighted by molar-refractivity contribution is 9.10. The molecule has 0 aliphatic carbocycles. The van der Waals surface area contributed by atoms with Gasteiger partial charge in [-0.15, -0.1) is 0 Å². The molecule has 92 valence electrons. The number of halogens is 3. The quantitative estimate of drug-likeness (QED) is 0.523. The van der Waals surface area contributed by atoms with Crippen molar-refractivity contribution in [3.05, 3.63) is 31.9 Å². The van der Waals surface area contributed by atoms with Crippen molar-refractivity contribution in [2.45, 2.75) is 12.8 Å². The van der Waals surface area contributed by atoms with Crippen molar-refractivity contribution in [3.63, 3.8) is 0 Å². The van der Waals surface area contributed by atoms with Gasteiger partial charge < -0.3 is 15.2 Å². The molecule has 0 atom stereocenters. The van der Waals surface area contributed by atoms with Crippen LogP contribution in [0.25, 0.3) is 0 Å². The van der Waals surface area contributed by atoms with Gasteiger partial charge in [-0.3, -0.25) is 4.79 Å². The molecule has 17 heavy (non-hydrogen) atoms. The Hall–Kier alpha value is -1.64. The first-order valence-corrected chi connectivity index (χ1v) is 4.96. The summed E-state index contributed by atoms with van der Waals surface area (Å²) in [5.74, 6) is -2.04. The third-order valence-electron chi connectivity index (χ3n) is 1.83. The summed E-state index contributed by atoms with van der Waals surface area (Å²) in [4.78, 5) is 23.4. The molecule has 0 aliphatic heterocycles. The summed E-state index contributed by atoms with van der Waals surface area (Å²) < 4.78 is 24.9. The summed E-state index contributed by atoms with van der Waals surface area (Å²) in [6, 6.07) is 0.736. The number of hydrogen-bond acceptors (Lipinski definition) is 4. The van der Waals surface area contributed by atoms with Crippen molar-refractivity contribution < 1.29 is 23.6 Å². The molecular formula is C8H5BrF2N2O4. The lowest BCUT2D eigenvalue weighted by Crippen LogP contribution is -2.07. The Bertz CT molecular complexity index is 481. The Labute approximate surface area is 102 Å². The van der Waals surface area contributed by atoms with Gasteiger partial charge in [-0.05, 0) is 15.5 Å². The van der Waals surface area contributed by atoms with Crippen LogP contribution in [0.5, 0.6) is 0 Å². The van der Waals surface area contributed by atoms with E-state index in [0.717, 1.165) is 6.07 Å². The molecule has 1 N–H and O–H groups in total. The molecular weight excluding hydrogens is 306 g/mol. The van der Waals surface area contributed by atoms with Gasteiger partial charge >= 0.3 is 11.8 Å². The van der Waals surface area contributed by atoms with E-state index in [9.17, 15) is 23.7 Å². The summed E-state index contributed by atoms with van der Waals surface area (Å²) in [6.45, 7) is 0. The molecule has 9 heteroatoms. The molecule has 1 heterocycles. The lowest BCUT2D eigenvalue weighted by molar-refractivity contribution is -0.389. The lowest BCUT2D eigenvalue weighted by Gasteiger charge is -2.06. The van der Waals surface area contributed by atoms with Crippen molar-refractivity contribution in [1.82, 2.24) is 4.98 Å². The standard InChI is InChI=1S/C8H5BrF2N2O4/c9-7-6(8(10)11)3(2-5(14)15)1-4(12-7)13(16)17/h1,8H,2H2,(H,14,15). The molecule has 0 aromatic carbocycles. The number of nitro groups is 1. The maximum atomic E-state index is 12.6. The monoisotopic (exact) mass is 310 g/mol. The summed E-state index contributed by atoms with van der Waals surface area (Å²) >= 11 is 2.67. The Morgan fingerprint density at radius 3 is 2.65 bits per heavy atom. The zero-order chi connectivity index (χ0) is 13.2. The van der Waals surface area contributed by atoms with Crippen LogP contribution in [-0.4, -0.2) is 21.0 Å². The average Bonchev–Trinajstić information content (AvgIpc) is 2.14. The van der Waals surface area contributed by atoms with Gasteiger partial charge in [-0.25, -0.2) is 8.78 Å². The highest BCUT2D eigenvalue weighted by Crippen LogP contribution is 2.32. The molecule has 1 rings (SSSR count). The van der Waals surface area contributed by atoms with Crippen molar-refractivity contribution in [3.8, 4) is 0 Å². The topological polar surface area (TPSA) is 93.3 Å². The molecule has 0 radical (unpaired) electrons. The third-order valence-corrected chi connectivity index (χ3v) is 2.44. The van der Waals surface area contributed by atoms with Gasteiger partial charge in [0.1, 0.15) is 0 Å². The maximum absolute atomic E-state index is 12.6. The zero-order valence-electron chi connectivity index (χ0n) is 8.06. The molecule has 0 saturated heterocycles. The first kappa shape index (κ1) is 13.4. The van der Waals surface area contributed by atoms with Gasteiger partial charge in [0.2, 0.25) is 4.60 Å². The number of carboxylic acids is 1. The van der Waals surface area contributed by atoms with Crippen LogP contribution in [0, 0.1) is 10.1 Å². The van der Waals surface area contributed by atoms with Crippen LogP contribution in [0.3, 0.4) is 0 Å². The molecule has 1 aromatic heterocycles. The predicted molar refractivity (Wildman–Crippen MR) is 54.9 cm³/mol. The predicted octanol–water partition coefficient (Wildman–Crippen LogP) is 2.32. The van der Waals surface area contributed by atoms with Crippen LogP contribution in [0.15, 0.2) is 10.7 Å². The highest BCUT2D eigenvalue weighted by atomic mass is 79.9. The van der Waals surface area contributed by atoms with E-state index < -0.39 is 39.7 Å². The normalized spacial score (nSPS) is 10.6. The second-order valence-electron chi connectivity index (χ2n) is 2.97. The number of aromatic nitrogens is 1. The summed E-state index contributed by atoms with van der Waals surface area (Å²) in [6.07, 6.45) is -3.70. The Morgan fingerprint density at radius 2 is 2.24 bits per heavy atom. The molecule has 1 aromatic rings. The smallest absolute Gasteiger partial charge is 0.364 e. The fourth-order valence-corrected chi connectivity index (χ4v) is 1.80. The SMILES string of the molecule is O=C(O)Cc1cc([N+](=O)[O-])nc(Br)c1C(F)F. The minimum atomic E-state index is -2.97. The Balaban J connectivity index is 3.38. The number of nitrogens with zero attached hydrogens (tertiary/aromatic N) is 2. The van der Waals surface area contributed by atoms with Crippen LogP contribution in [0.2, 0.25) is 0 Å². The van der Waals surface area contributed by atoms with Gasteiger partial charge in [0, 0.05) is 22.0 Å². The molecule has 0 spiro atoms. The van der Waals surface area contributed by atoms with Gasteiger partial charge in [0.15, 0.2) is 0 Å². The average molecular weight is 311 g/mol. The van der Waals surface area contributed by atoms with E-state index in [-0.39, 0.29) is 5.56 Å². The first-order chi connectivity index (χ1) is 7.82. The summed E-state index contributed by atoms with van der Waals surface area (Å²) in [5, 5.41) is 19.0. The van der Waals surface area contributed by atoms with E-state index in [1.165, 1.54) is 0 Å². The van der Waals surface area contributed by atoms with Gasteiger partial charge in [-0.1, -0.05) is 0 Å². The third kappa shape index (κ3) is 3.16. The van der Waals surface area contributed by atoms with E-state index in [1.807, 2.05) is 0 Å². The fraction of sp³-hybridized carbons (Fsp3) is 0.250. The molecule has 0 aliphatic rings. The zero-order valence-corrected chi connectivity index (χ0v) is 9.65.